The van der Waals surface area contributed by atoms with Crippen LogP contribution in [0.4, 0.5) is 10.5 Å². The fourth-order valence-electron chi connectivity index (χ4n) is 2.36. The van der Waals surface area contributed by atoms with Crippen molar-refractivity contribution in [1.82, 2.24) is 5.32 Å². The third-order valence-corrected chi connectivity index (χ3v) is 3.57. The van der Waals surface area contributed by atoms with Crippen LogP contribution in [-0.2, 0) is 0 Å². The number of ether oxygens (including phenoxy) is 1. The lowest BCUT2D eigenvalue weighted by Gasteiger charge is -2.18. The number of aliphatic hydroxyl groups excluding tert-OH is 1. The zero-order valence-electron chi connectivity index (χ0n) is 14.1. The monoisotopic (exact) mass is 338 g/mol. The van der Waals surface area contributed by atoms with Crippen molar-refractivity contribution in [3.05, 3.63) is 60.2 Å². The van der Waals surface area contributed by atoms with E-state index in [4.69, 9.17) is 11.2 Å². The quantitative estimate of drug-likeness (QED) is 0.678. The largest absolute Gasteiger partial charge is 0.481 e. The van der Waals surface area contributed by atoms with Crippen molar-refractivity contribution in [3.8, 4) is 18.1 Å². The van der Waals surface area contributed by atoms with Crippen molar-refractivity contribution in [2.45, 2.75) is 25.5 Å². The number of amides is 2. The molecule has 0 radical (unpaired) electrons. The summed E-state index contributed by atoms with van der Waals surface area (Å²) in [5, 5.41) is 15.7. The molecule has 3 N–H and O–H groups in total. The molecule has 2 aromatic rings. The van der Waals surface area contributed by atoms with Gasteiger partial charge in [0.05, 0.1) is 6.10 Å². The topological polar surface area (TPSA) is 70.6 Å². The zero-order valence-corrected chi connectivity index (χ0v) is 14.1. The van der Waals surface area contributed by atoms with Crippen LogP contribution in [0.1, 0.15) is 25.0 Å². The maximum atomic E-state index is 12.0. The number of rotatable bonds is 7. The molecule has 5 nitrogen and oxygen atoms in total. The first-order valence-corrected chi connectivity index (χ1v) is 8.05. The number of carbonyl (C=O) groups excluding carboxylic acids is 1. The molecule has 2 aromatic carbocycles. The Morgan fingerprint density at radius 3 is 2.52 bits per heavy atom. The molecular formula is C20H22N2O3. The van der Waals surface area contributed by atoms with E-state index in [1.165, 1.54) is 0 Å². The second-order valence-corrected chi connectivity index (χ2v) is 5.68. The van der Waals surface area contributed by atoms with Crippen LogP contribution < -0.4 is 15.4 Å². The number of urea groups is 1. The van der Waals surface area contributed by atoms with Gasteiger partial charge < -0.3 is 20.5 Å². The number of nitrogens with one attached hydrogen (secondary N) is 2. The van der Waals surface area contributed by atoms with E-state index in [9.17, 15) is 9.90 Å². The van der Waals surface area contributed by atoms with Crippen LogP contribution in [0, 0.1) is 12.3 Å². The van der Waals surface area contributed by atoms with E-state index in [2.05, 4.69) is 16.6 Å². The Bertz CT molecular complexity index is 708. The van der Waals surface area contributed by atoms with Gasteiger partial charge in [-0.1, -0.05) is 36.3 Å². The zero-order chi connectivity index (χ0) is 18.1. The molecular weight excluding hydrogens is 316 g/mol. The van der Waals surface area contributed by atoms with Crippen molar-refractivity contribution in [2.24, 2.45) is 0 Å². The average molecular weight is 338 g/mol. The lowest BCUT2D eigenvalue weighted by atomic mass is 10.0. The van der Waals surface area contributed by atoms with Crippen molar-refractivity contribution in [2.75, 3.05) is 11.9 Å². The van der Waals surface area contributed by atoms with Gasteiger partial charge in [0.2, 0.25) is 0 Å². The van der Waals surface area contributed by atoms with Gasteiger partial charge in [0.15, 0.2) is 0 Å². The molecule has 0 aromatic heterocycles. The van der Waals surface area contributed by atoms with Gasteiger partial charge in [0.1, 0.15) is 12.4 Å². The third kappa shape index (κ3) is 6.21. The second-order valence-electron chi connectivity index (χ2n) is 5.68. The molecule has 0 saturated carbocycles. The predicted molar refractivity (Wildman–Crippen MR) is 98.4 cm³/mol. The number of anilines is 1. The van der Waals surface area contributed by atoms with Crippen LogP contribution in [-0.4, -0.2) is 23.8 Å². The highest BCUT2D eigenvalue weighted by Gasteiger charge is 2.14. The Hall–Kier alpha value is -2.97. The number of hydrogen-bond acceptors (Lipinski definition) is 3. The van der Waals surface area contributed by atoms with Crippen molar-refractivity contribution >= 4 is 11.7 Å². The molecule has 0 fully saturated rings. The summed E-state index contributed by atoms with van der Waals surface area (Å²) in [6.07, 6.45) is 4.94. The van der Waals surface area contributed by atoms with Crippen LogP contribution in [0.2, 0.25) is 0 Å². The molecule has 2 rings (SSSR count). The molecule has 0 aliphatic carbocycles. The van der Waals surface area contributed by atoms with Gasteiger partial charge in [-0.05, 0) is 43.2 Å². The molecule has 0 aliphatic heterocycles. The fraction of sp³-hybridized carbons (Fsp3) is 0.250. The number of benzene rings is 2. The highest BCUT2D eigenvalue weighted by molar-refractivity contribution is 5.89. The van der Waals surface area contributed by atoms with E-state index in [0.717, 1.165) is 5.56 Å². The standard InChI is InChI=1S/C20H22N2O3/c1-3-13-25-18-11-9-17(10-12-18)22-20(24)21-15(2)14-19(23)16-7-5-4-6-8-16/h1,4-12,15,19,23H,13-14H2,2H3,(H2,21,22,24). The summed E-state index contributed by atoms with van der Waals surface area (Å²) in [5.74, 6) is 3.03. The minimum atomic E-state index is -0.621. The minimum absolute atomic E-state index is 0.187. The Labute approximate surface area is 148 Å². The third-order valence-electron chi connectivity index (χ3n) is 3.57. The van der Waals surface area contributed by atoms with Crippen molar-refractivity contribution in [3.63, 3.8) is 0 Å². The van der Waals surface area contributed by atoms with E-state index >= 15 is 0 Å². The SMILES string of the molecule is C#CCOc1ccc(NC(=O)NC(C)CC(O)c2ccccc2)cc1. The van der Waals surface area contributed by atoms with E-state index in [1.54, 1.807) is 24.3 Å². The van der Waals surface area contributed by atoms with Crippen molar-refractivity contribution in [1.29, 1.82) is 0 Å². The summed E-state index contributed by atoms with van der Waals surface area (Å²) in [6, 6.07) is 15.8. The summed E-state index contributed by atoms with van der Waals surface area (Å²) in [6.45, 7) is 2.05. The molecule has 0 spiro atoms. The molecule has 0 heterocycles. The van der Waals surface area contributed by atoms with E-state index in [1.807, 2.05) is 37.3 Å². The van der Waals surface area contributed by atoms with Gasteiger partial charge in [-0.2, -0.15) is 0 Å². The highest BCUT2D eigenvalue weighted by atomic mass is 16.5. The number of aliphatic hydroxyl groups is 1. The predicted octanol–water partition coefficient (Wildman–Crippen LogP) is 3.33. The Balaban J connectivity index is 1.80. The summed E-state index contributed by atoms with van der Waals surface area (Å²) >= 11 is 0. The maximum absolute atomic E-state index is 12.0. The van der Waals surface area contributed by atoms with E-state index in [-0.39, 0.29) is 18.7 Å². The summed E-state index contributed by atoms with van der Waals surface area (Å²) in [7, 11) is 0. The molecule has 25 heavy (non-hydrogen) atoms. The summed E-state index contributed by atoms with van der Waals surface area (Å²) in [4.78, 5) is 12.0. The van der Waals surface area contributed by atoms with Gasteiger partial charge in [-0.25, -0.2) is 4.79 Å². The first-order chi connectivity index (χ1) is 12.1. The Morgan fingerprint density at radius 2 is 1.88 bits per heavy atom. The van der Waals surface area contributed by atoms with Crippen molar-refractivity contribution < 1.29 is 14.6 Å². The molecule has 0 saturated heterocycles. The van der Waals surface area contributed by atoms with Crippen LogP contribution in [0.3, 0.4) is 0 Å². The summed E-state index contributed by atoms with van der Waals surface area (Å²) in [5.41, 5.74) is 1.47. The van der Waals surface area contributed by atoms with Gasteiger partial charge >= 0.3 is 6.03 Å². The Morgan fingerprint density at radius 1 is 1.20 bits per heavy atom. The number of carbonyl (C=O) groups is 1. The van der Waals surface area contributed by atoms with Crippen LogP contribution in [0.15, 0.2) is 54.6 Å². The molecule has 0 aliphatic rings. The normalized spacial score (nSPS) is 12.5. The molecule has 2 amide bonds. The highest BCUT2D eigenvalue weighted by Crippen LogP contribution is 2.18. The van der Waals surface area contributed by atoms with Gasteiger partial charge in [0.25, 0.3) is 0 Å². The fourth-order valence-corrected chi connectivity index (χ4v) is 2.36. The van der Waals surface area contributed by atoms with Gasteiger partial charge in [-0.3, -0.25) is 0 Å². The van der Waals surface area contributed by atoms with Gasteiger partial charge in [0, 0.05) is 11.7 Å². The first kappa shape index (κ1) is 18.4. The minimum Gasteiger partial charge on any atom is -0.481 e. The molecule has 0 bridgehead atoms. The molecule has 2 unspecified atom stereocenters. The molecule has 130 valence electrons. The smallest absolute Gasteiger partial charge is 0.319 e. The Kier molecular flexibility index (Phi) is 6.87. The number of hydrogen-bond donors (Lipinski definition) is 3. The maximum Gasteiger partial charge on any atom is 0.319 e. The average Bonchev–Trinajstić information content (AvgIpc) is 2.61. The second kappa shape index (κ2) is 9.36. The van der Waals surface area contributed by atoms with E-state index in [0.29, 0.717) is 17.9 Å². The van der Waals surface area contributed by atoms with Gasteiger partial charge in [-0.15, -0.1) is 6.42 Å². The molecule has 5 heteroatoms. The number of terminal acetylenes is 1. The summed E-state index contributed by atoms with van der Waals surface area (Å²) < 4.78 is 5.27. The first-order valence-electron chi connectivity index (χ1n) is 8.05. The van der Waals surface area contributed by atoms with Crippen LogP contribution in [0.25, 0.3) is 0 Å². The lowest BCUT2D eigenvalue weighted by molar-refractivity contribution is 0.155. The van der Waals surface area contributed by atoms with E-state index < -0.39 is 6.10 Å². The van der Waals surface area contributed by atoms with Crippen LogP contribution >= 0.6 is 0 Å². The molecule has 2 atom stereocenters. The lowest BCUT2D eigenvalue weighted by Crippen LogP contribution is -2.37. The van der Waals surface area contributed by atoms with Crippen LogP contribution in [0.5, 0.6) is 5.75 Å².